The van der Waals surface area contributed by atoms with E-state index in [0.717, 1.165) is 0 Å². The maximum absolute atomic E-state index is 12.1. The highest BCUT2D eigenvalue weighted by molar-refractivity contribution is 5.89. The van der Waals surface area contributed by atoms with Gasteiger partial charge in [0.15, 0.2) is 0 Å². The van der Waals surface area contributed by atoms with Gasteiger partial charge in [0.05, 0.1) is 11.4 Å². The highest BCUT2D eigenvalue weighted by Gasteiger charge is 2.22. The van der Waals surface area contributed by atoms with E-state index < -0.39 is 12.0 Å². The van der Waals surface area contributed by atoms with Crippen molar-refractivity contribution < 1.29 is 14.7 Å². The standard InChI is InChI=1S/C12H19N5O3/c1-5-7(2)17(6-10(18)19)12(20)14-11-13-8(3)9(4)15-16-11/h7H,5-6H2,1-4H3,(H,18,19)(H,13,14,16,20). The molecule has 8 heteroatoms. The van der Waals surface area contributed by atoms with Crippen LogP contribution in [0.3, 0.4) is 0 Å². The van der Waals surface area contributed by atoms with Crippen LogP contribution in [0.5, 0.6) is 0 Å². The number of urea groups is 1. The third-order valence-corrected chi connectivity index (χ3v) is 3.00. The molecule has 0 aliphatic rings. The summed E-state index contributed by atoms with van der Waals surface area (Å²) in [5.41, 5.74) is 1.33. The van der Waals surface area contributed by atoms with Crippen LogP contribution in [0.15, 0.2) is 0 Å². The van der Waals surface area contributed by atoms with E-state index in [2.05, 4.69) is 20.5 Å². The van der Waals surface area contributed by atoms with Gasteiger partial charge in [-0.05, 0) is 27.2 Å². The normalized spacial score (nSPS) is 11.8. The zero-order valence-electron chi connectivity index (χ0n) is 12.0. The van der Waals surface area contributed by atoms with E-state index in [0.29, 0.717) is 17.8 Å². The Morgan fingerprint density at radius 1 is 1.30 bits per heavy atom. The van der Waals surface area contributed by atoms with Crippen LogP contribution in [0, 0.1) is 13.8 Å². The first-order valence-corrected chi connectivity index (χ1v) is 6.32. The zero-order valence-corrected chi connectivity index (χ0v) is 12.0. The number of nitrogens with one attached hydrogen (secondary N) is 1. The first kappa shape index (κ1) is 15.8. The smallest absolute Gasteiger partial charge is 0.325 e. The van der Waals surface area contributed by atoms with Gasteiger partial charge in [0, 0.05) is 6.04 Å². The van der Waals surface area contributed by atoms with Crippen LogP contribution in [0.1, 0.15) is 31.7 Å². The molecule has 2 N–H and O–H groups in total. The van der Waals surface area contributed by atoms with Gasteiger partial charge in [0.25, 0.3) is 5.95 Å². The third-order valence-electron chi connectivity index (χ3n) is 3.00. The number of aromatic nitrogens is 3. The molecule has 0 aromatic carbocycles. The van der Waals surface area contributed by atoms with E-state index in [-0.39, 0.29) is 18.5 Å². The summed E-state index contributed by atoms with van der Waals surface area (Å²) in [7, 11) is 0. The lowest BCUT2D eigenvalue weighted by Gasteiger charge is -2.26. The lowest BCUT2D eigenvalue weighted by molar-refractivity contribution is -0.138. The Morgan fingerprint density at radius 3 is 2.45 bits per heavy atom. The van der Waals surface area contributed by atoms with Crippen LogP contribution >= 0.6 is 0 Å². The summed E-state index contributed by atoms with van der Waals surface area (Å²) in [6.07, 6.45) is 0.646. The summed E-state index contributed by atoms with van der Waals surface area (Å²) in [6, 6.07) is -0.752. The van der Waals surface area contributed by atoms with Crippen molar-refractivity contribution in [2.45, 2.75) is 40.2 Å². The number of aryl methyl sites for hydroxylation is 2. The highest BCUT2D eigenvalue weighted by atomic mass is 16.4. The van der Waals surface area contributed by atoms with Crippen molar-refractivity contribution >= 4 is 17.9 Å². The molecule has 0 bridgehead atoms. The number of carbonyl (C=O) groups excluding carboxylic acids is 1. The van der Waals surface area contributed by atoms with Crippen molar-refractivity contribution in [3.8, 4) is 0 Å². The Labute approximate surface area is 117 Å². The molecule has 0 aliphatic carbocycles. The largest absolute Gasteiger partial charge is 0.480 e. The van der Waals surface area contributed by atoms with Crippen LogP contribution in [-0.4, -0.2) is 49.8 Å². The molecule has 0 fully saturated rings. The second-order valence-corrected chi connectivity index (χ2v) is 4.52. The van der Waals surface area contributed by atoms with E-state index in [1.54, 1.807) is 20.8 Å². The lowest BCUT2D eigenvalue weighted by Crippen LogP contribution is -2.44. The van der Waals surface area contributed by atoms with Gasteiger partial charge in [0.2, 0.25) is 0 Å². The Bertz CT molecular complexity index is 506. The van der Waals surface area contributed by atoms with Gasteiger partial charge in [0.1, 0.15) is 6.54 Å². The topological polar surface area (TPSA) is 108 Å². The Kier molecular flexibility index (Phi) is 5.36. The first-order valence-electron chi connectivity index (χ1n) is 6.32. The molecule has 1 aromatic heterocycles. The molecule has 1 unspecified atom stereocenters. The van der Waals surface area contributed by atoms with Crippen LogP contribution in [-0.2, 0) is 4.79 Å². The van der Waals surface area contributed by atoms with Gasteiger partial charge in [-0.3, -0.25) is 10.1 Å². The summed E-state index contributed by atoms with van der Waals surface area (Å²) in [4.78, 5) is 28.2. The van der Waals surface area contributed by atoms with Crippen LogP contribution in [0.25, 0.3) is 0 Å². The molecule has 1 rings (SSSR count). The third kappa shape index (κ3) is 4.15. The van der Waals surface area contributed by atoms with Crippen molar-refractivity contribution in [2.75, 3.05) is 11.9 Å². The molecular weight excluding hydrogens is 262 g/mol. The van der Waals surface area contributed by atoms with Crippen molar-refractivity contribution in [3.63, 3.8) is 0 Å². The molecule has 0 saturated carbocycles. The Hall–Kier alpha value is -2.25. The minimum absolute atomic E-state index is 0.0665. The van der Waals surface area contributed by atoms with Gasteiger partial charge in [-0.15, -0.1) is 5.10 Å². The fourth-order valence-electron chi connectivity index (χ4n) is 1.47. The average molecular weight is 281 g/mol. The first-order chi connectivity index (χ1) is 9.35. The Balaban J connectivity index is 2.84. The molecule has 0 radical (unpaired) electrons. The lowest BCUT2D eigenvalue weighted by atomic mass is 10.2. The fourth-order valence-corrected chi connectivity index (χ4v) is 1.47. The molecule has 20 heavy (non-hydrogen) atoms. The van der Waals surface area contributed by atoms with Gasteiger partial charge in [-0.1, -0.05) is 6.92 Å². The molecule has 1 aromatic rings. The summed E-state index contributed by atoms with van der Waals surface area (Å²) in [6.45, 7) is 6.79. The number of hydrogen-bond acceptors (Lipinski definition) is 5. The molecular formula is C12H19N5O3. The maximum atomic E-state index is 12.1. The van der Waals surface area contributed by atoms with E-state index in [4.69, 9.17) is 5.11 Å². The molecule has 0 saturated heterocycles. The highest BCUT2D eigenvalue weighted by Crippen LogP contribution is 2.08. The number of rotatable bonds is 5. The van der Waals surface area contributed by atoms with Crippen molar-refractivity contribution in [2.24, 2.45) is 0 Å². The van der Waals surface area contributed by atoms with Gasteiger partial charge >= 0.3 is 12.0 Å². The molecule has 2 amide bonds. The predicted molar refractivity (Wildman–Crippen MR) is 72.4 cm³/mol. The average Bonchev–Trinajstić information content (AvgIpc) is 2.39. The van der Waals surface area contributed by atoms with Crippen molar-refractivity contribution in [1.29, 1.82) is 0 Å². The Morgan fingerprint density at radius 2 is 1.95 bits per heavy atom. The minimum atomic E-state index is -1.07. The predicted octanol–water partition coefficient (Wildman–Crippen LogP) is 1.21. The van der Waals surface area contributed by atoms with Crippen LogP contribution in [0.4, 0.5) is 10.7 Å². The van der Waals surface area contributed by atoms with Crippen molar-refractivity contribution in [1.82, 2.24) is 20.1 Å². The summed E-state index contributed by atoms with van der Waals surface area (Å²) >= 11 is 0. The molecule has 110 valence electrons. The quantitative estimate of drug-likeness (QED) is 0.839. The molecule has 8 nitrogen and oxygen atoms in total. The van der Waals surface area contributed by atoms with Crippen molar-refractivity contribution in [3.05, 3.63) is 11.4 Å². The maximum Gasteiger partial charge on any atom is 0.325 e. The number of amides is 2. The molecule has 0 spiro atoms. The van der Waals surface area contributed by atoms with E-state index in [9.17, 15) is 9.59 Å². The van der Waals surface area contributed by atoms with Gasteiger partial charge in [-0.25, -0.2) is 9.78 Å². The van der Waals surface area contributed by atoms with E-state index in [1.165, 1.54) is 4.90 Å². The van der Waals surface area contributed by atoms with E-state index >= 15 is 0 Å². The number of aliphatic carboxylic acids is 1. The number of carboxylic acids is 1. The molecule has 1 heterocycles. The summed E-state index contributed by atoms with van der Waals surface area (Å²) in [5.74, 6) is -1.00. The molecule has 0 aliphatic heterocycles. The fraction of sp³-hybridized carbons (Fsp3) is 0.583. The molecule has 1 atom stereocenters. The number of nitrogens with zero attached hydrogens (tertiary/aromatic N) is 4. The second kappa shape index (κ2) is 6.78. The second-order valence-electron chi connectivity index (χ2n) is 4.52. The minimum Gasteiger partial charge on any atom is -0.480 e. The number of carboxylic acid groups (broad SMARTS) is 1. The monoisotopic (exact) mass is 281 g/mol. The van der Waals surface area contributed by atoms with Gasteiger partial charge < -0.3 is 10.0 Å². The van der Waals surface area contributed by atoms with Gasteiger partial charge in [-0.2, -0.15) is 5.10 Å². The summed E-state index contributed by atoms with van der Waals surface area (Å²) < 4.78 is 0. The number of hydrogen-bond donors (Lipinski definition) is 2. The van der Waals surface area contributed by atoms with Crippen LogP contribution < -0.4 is 5.32 Å². The number of anilines is 1. The van der Waals surface area contributed by atoms with E-state index in [1.807, 2.05) is 6.92 Å². The van der Waals surface area contributed by atoms with Crippen LogP contribution in [0.2, 0.25) is 0 Å². The number of carbonyl (C=O) groups is 2. The SMILES string of the molecule is CCC(C)N(CC(=O)O)C(=O)Nc1nnc(C)c(C)n1. The summed E-state index contributed by atoms with van der Waals surface area (Å²) in [5, 5.41) is 18.9. The zero-order chi connectivity index (χ0) is 15.3.